The molecule has 0 heterocycles. The van der Waals surface area contributed by atoms with Crippen molar-refractivity contribution >= 4 is 11.9 Å². The van der Waals surface area contributed by atoms with Crippen LogP contribution in [-0.4, -0.2) is 6.21 Å². The Morgan fingerprint density at radius 3 is 2.47 bits per heavy atom. The summed E-state index contributed by atoms with van der Waals surface area (Å²) in [5, 5.41) is 0. The molecule has 0 radical (unpaired) electrons. The molecule has 0 fully saturated rings. The zero-order valence-electron chi connectivity index (χ0n) is 8.72. The first-order chi connectivity index (χ1) is 7.34. The summed E-state index contributed by atoms with van der Waals surface area (Å²) in [7, 11) is 0. The highest BCUT2D eigenvalue weighted by molar-refractivity contribution is 5.81. The van der Waals surface area contributed by atoms with Crippen molar-refractivity contribution in [3.63, 3.8) is 0 Å². The maximum Gasteiger partial charge on any atom is 0.0632 e. The monoisotopic (exact) mass is 195 g/mol. The number of aliphatic imine (C=N–C) groups is 1. The number of hydrogen-bond acceptors (Lipinski definition) is 1. The third kappa shape index (κ3) is 2.78. The van der Waals surface area contributed by atoms with Crippen LogP contribution >= 0.6 is 0 Å². The summed E-state index contributed by atoms with van der Waals surface area (Å²) in [4.78, 5) is 4.41. The summed E-state index contributed by atoms with van der Waals surface area (Å²) in [5.41, 5.74) is 3.36. The van der Waals surface area contributed by atoms with E-state index in [1.807, 2.05) is 48.7 Å². The number of hydrogen-bond donors (Lipinski definition) is 0. The van der Waals surface area contributed by atoms with Crippen molar-refractivity contribution in [1.82, 2.24) is 0 Å². The second-order valence-corrected chi connectivity index (χ2v) is 3.51. The van der Waals surface area contributed by atoms with E-state index in [0.29, 0.717) is 0 Å². The summed E-state index contributed by atoms with van der Waals surface area (Å²) >= 11 is 0. The number of nitrogens with zero attached hydrogens (tertiary/aromatic N) is 1. The Balaban J connectivity index is 2.19. The standard InChI is InChI=1S/C14H13N/c1-12-6-5-9-14(10-12)15-11-13-7-3-2-4-8-13/h2-11H,1H3. The smallest absolute Gasteiger partial charge is 0.0632 e. The Bertz CT molecular complexity index is 458. The molecule has 0 aliphatic heterocycles. The average molecular weight is 195 g/mol. The van der Waals surface area contributed by atoms with E-state index < -0.39 is 0 Å². The highest BCUT2D eigenvalue weighted by Crippen LogP contribution is 2.13. The lowest BCUT2D eigenvalue weighted by atomic mass is 10.2. The fourth-order valence-electron chi connectivity index (χ4n) is 1.40. The molecule has 0 spiro atoms. The molecule has 74 valence electrons. The summed E-state index contributed by atoms with van der Waals surface area (Å²) in [6.45, 7) is 2.07. The lowest BCUT2D eigenvalue weighted by Gasteiger charge is -1.95. The highest BCUT2D eigenvalue weighted by Gasteiger charge is 1.88. The maximum absolute atomic E-state index is 4.41. The van der Waals surface area contributed by atoms with Gasteiger partial charge in [0.2, 0.25) is 0 Å². The van der Waals surface area contributed by atoms with Gasteiger partial charge in [0.15, 0.2) is 0 Å². The van der Waals surface area contributed by atoms with E-state index in [0.717, 1.165) is 11.3 Å². The van der Waals surface area contributed by atoms with Crippen LogP contribution in [0.4, 0.5) is 5.69 Å². The molecule has 2 rings (SSSR count). The van der Waals surface area contributed by atoms with Crippen LogP contribution in [0.15, 0.2) is 59.6 Å². The van der Waals surface area contributed by atoms with Crippen LogP contribution in [-0.2, 0) is 0 Å². The van der Waals surface area contributed by atoms with Gasteiger partial charge in [0.25, 0.3) is 0 Å². The fraction of sp³-hybridized carbons (Fsp3) is 0.0714. The molecule has 0 N–H and O–H groups in total. The molecule has 0 unspecified atom stereocenters. The average Bonchev–Trinajstić information content (AvgIpc) is 2.28. The van der Waals surface area contributed by atoms with E-state index in [-0.39, 0.29) is 0 Å². The second-order valence-electron chi connectivity index (χ2n) is 3.51. The Kier molecular flexibility index (Phi) is 2.93. The summed E-state index contributed by atoms with van der Waals surface area (Å²) in [6.07, 6.45) is 1.88. The molecule has 0 saturated carbocycles. The summed E-state index contributed by atoms with van der Waals surface area (Å²) < 4.78 is 0. The summed E-state index contributed by atoms with van der Waals surface area (Å²) in [5.74, 6) is 0. The van der Waals surface area contributed by atoms with Gasteiger partial charge in [-0.25, -0.2) is 0 Å². The van der Waals surface area contributed by atoms with Crippen molar-refractivity contribution in [2.75, 3.05) is 0 Å². The van der Waals surface area contributed by atoms with Gasteiger partial charge in [-0.2, -0.15) is 0 Å². The minimum Gasteiger partial charge on any atom is -0.256 e. The van der Waals surface area contributed by atoms with E-state index >= 15 is 0 Å². The first kappa shape index (κ1) is 9.66. The van der Waals surface area contributed by atoms with Gasteiger partial charge in [-0.05, 0) is 30.2 Å². The Morgan fingerprint density at radius 2 is 1.73 bits per heavy atom. The molecule has 0 amide bonds. The van der Waals surface area contributed by atoms with Gasteiger partial charge in [0, 0.05) is 6.21 Å². The van der Waals surface area contributed by atoms with Gasteiger partial charge in [-0.15, -0.1) is 0 Å². The molecule has 0 atom stereocenters. The highest BCUT2D eigenvalue weighted by atomic mass is 14.7. The van der Waals surface area contributed by atoms with E-state index in [4.69, 9.17) is 0 Å². The molecule has 0 aliphatic rings. The SMILES string of the molecule is Cc1cccc(N=Cc2ccccc2)c1. The number of rotatable bonds is 2. The maximum atomic E-state index is 4.41. The van der Waals surface area contributed by atoms with Crippen LogP contribution in [0.3, 0.4) is 0 Å². The molecule has 0 saturated heterocycles. The number of aryl methyl sites for hydroxylation is 1. The van der Waals surface area contributed by atoms with Crippen molar-refractivity contribution in [2.45, 2.75) is 6.92 Å². The van der Waals surface area contributed by atoms with Gasteiger partial charge in [-0.3, -0.25) is 4.99 Å². The molecule has 1 heteroatoms. The molecular weight excluding hydrogens is 182 g/mol. The molecule has 15 heavy (non-hydrogen) atoms. The van der Waals surface area contributed by atoms with E-state index in [1.165, 1.54) is 5.56 Å². The lowest BCUT2D eigenvalue weighted by molar-refractivity contribution is 1.43. The first-order valence-electron chi connectivity index (χ1n) is 5.00. The van der Waals surface area contributed by atoms with Crippen molar-refractivity contribution in [3.05, 3.63) is 65.7 Å². The molecule has 0 aromatic heterocycles. The molecular formula is C14H13N. The largest absolute Gasteiger partial charge is 0.256 e. The Morgan fingerprint density at radius 1 is 0.933 bits per heavy atom. The van der Waals surface area contributed by atoms with Gasteiger partial charge < -0.3 is 0 Å². The third-order valence-electron chi connectivity index (χ3n) is 2.16. The number of benzene rings is 2. The summed E-state index contributed by atoms with van der Waals surface area (Å²) in [6, 6.07) is 18.3. The van der Waals surface area contributed by atoms with Crippen LogP contribution < -0.4 is 0 Å². The molecule has 2 aromatic carbocycles. The lowest BCUT2D eigenvalue weighted by Crippen LogP contribution is -1.78. The van der Waals surface area contributed by atoms with E-state index in [1.54, 1.807) is 0 Å². The second kappa shape index (κ2) is 4.56. The van der Waals surface area contributed by atoms with Crippen molar-refractivity contribution < 1.29 is 0 Å². The predicted molar refractivity (Wildman–Crippen MR) is 64.9 cm³/mol. The topological polar surface area (TPSA) is 12.4 Å². The van der Waals surface area contributed by atoms with Gasteiger partial charge in [-0.1, -0.05) is 42.5 Å². The molecule has 0 aliphatic carbocycles. The van der Waals surface area contributed by atoms with Crippen LogP contribution in [0, 0.1) is 6.92 Å². The first-order valence-corrected chi connectivity index (χ1v) is 5.00. The van der Waals surface area contributed by atoms with E-state index in [9.17, 15) is 0 Å². The Labute approximate surface area is 90.1 Å². The van der Waals surface area contributed by atoms with Crippen LogP contribution in [0.1, 0.15) is 11.1 Å². The van der Waals surface area contributed by atoms with Crippen molar-refractivity contribution in [1.29, 1.82) is 0 Å². The minimum atomic E-state index is 0.999. The predicted octanol–water partition coefficient (Wildman–Crippen LogP) is 3.75. The molecule has 1 nitrogen and oxygen atoms in total. The fourth-order valence-corrected chi connectivity index (χ4v) is 1.40. The van der Waals surface area contributed by atoms with Gasteiger partial charge >= 0.3 is 0 Å². The Hall–Kier alpha value is -1.89. The van der Waals surface area contributed by atoms with Crippen molar-refractivity contribution in [3.8, 4) is 0 Å². The normalized spacial score (nSPS) is 10.7. The van der Waals surface area contributed by atoms with Gasteiger partial charge in [0.1, 0.15) is 0 Å². The third-order valence-corrected chi connectivity index (χ3v) is 2.16. The molecule has 0 bridgehead atoms. The van der Waals surface area contributed by atoms with Gasteiger partial charge in [0.05, 0.1) is 5.69 Å². The van der Waals surface area contributed by atoms with Crippen LogP contribution in [0.25, 0.3) is 0 Å². The quantitative estimate of drug-likeness (QED) is 0.647. The van der Waals surface area contributed by atoms with E-state index in [2.05, 4.69) is 24.0 Å². The minimum absolute atomic E-state index is 0.999. The molecule has 2 aromatic rings. The van der Waals surface area contributed by atoms with Crippen LogP contribution in [0.5, 0.6) is 0 Å². The zero-order valence-corrected chi connectivity index (χ0v) is 8.72. The van der Waals surface area contributed by atoms with Crippen LogP contribution in [0.2, 0.25) is 0 Å². The zero-order chi connectivity index (χ0) is 10.5. The van der Waals surface area contributed by atoms with Crippen molar-refractivity contribution in [2.24, 2.45) is 4.99 Å².